The van der Waals surface area contributed by atoms with Crippen molar-refractivity contribution in [2.45, 2.75) is 31.7 Å². The Morgan fingerprint density at radius 3 is 2.53 bits per heavy atom. The van der Waals surface area contributed by atoms with E-state index < -0.39 is 4.92 Å². The van der Waals surface area contributed by atoms with E-state index in [-0.39, 0.29) is 11.3 Å². The lowest BCUT2D eigenvalue weighted by atomic mass is 10.1. The third-order valence-corrected chi connectivity index (χ3v) is 3.77. The Labute approximate surface area is 110 Å². The molecule has 6 nitrogen and oxygen atoms in total. The number of rotatable bonds is 5. The molecule has 3 rings (SSSR count). The molecule has 19 heavy (non-hydrogen) atoms. The van der Waals surface area contributed by atoms with Crippen LogP contribution in [-0.4, -0.2) is 15.9 Å². The Balaban J connectivity index is 1.83. The van der Waals surface area contributed by atoms with Crippen LogP contribution >= 0.6 is 0 Å². The minimum Gasteiger partial charge on any atom is -0.366 e. The lowest BCUT2D eigenvalue weighted by molar-refractivity contribution is -0.385. The highest BCUT2D eigenvalue weighted by molar-refractivity contribution is 5.56. The quantitative estimate of drug-likeness (QED) is 0.647. The van der Waals surface area contributed by atoms with E-state index in [1.807, 2.05) is 6.07 Å². The predicted octanol–water partition coefficient (Wildman–Crippen LogP) is 2.46. The molecule has 0 saturated heterocycles. The fraction of sp³-hybridized carbons (Fsp3) is 0.538. The van der Waals surface area contributed by atoms with E-state index in [4.69, 9.17) is 5.26 Å². The summed E-state index contributed by atoms with van der Waals surface area (Å²) in [5.41, 5.74) is 0.108. The molecule has 0 radical (unpaired) electrons. The second kappa shape index (κ2) is 4.50. The van der Waals surface area contributed by atoms with Gasteiger partial charge in [-0.15, -0.1) is 0 Å². The van der Waals surface area contributed by atoms with Crippen molar-refractivity contribution in [1.82, 2.24) is 4.98 Å². The van der Waals surface area contributed by atoms with Crippen LogP contribution in [-0.2, 0) is 0 Å². The first-order valence-electron chi connectivity index (χ1n) is 6.50. The minimum absolute atomic E-state index is 0.142. The number of hydrogen-bond acceptors (Lipinski definition) is 5. The lowest BCUT2D eigenvalue weighted by Crippen LogP contribution is -2.25. The smallest absolute Gasteiger partial charge is 0.289 e. The molecular weight excluding hydrogens is 244 g/mol. The van der Waals surface area contributed by atoms with Crippen LogP contribution in [0.25, 0.3) is 0 Å². The van der Waals surface area contributed by atoms with Gasteiger partial charge in [-0.1, -0.05) is 0 Å². The molecule has 2 saturated carbocycles. The summed E-state index contributed by atoms with van der Waals surface area (Å²) in [4.78, 5) is 14.2. The van der Waals surface area contributed by atoms with Gasteiger partial charge in [0.15, 0.2) is 0 Å². The largest absolute Gasteiger partial charge is 0.366 e. The van der Waals surface area contributed by atoms with Gasteiger partial charge < -0.3 is 5.32 Å². The number of nitro groups is 1. The minimum atomic E-state index is -0.531. The van der Waals surface area contributed by atoms with Crippen molar-refractivity contribution in [3.8, 4) is 6.07 Å². The normalized spacial score (nSPS) is 18.1. The maximum atomic E-state index is 10.7. The standard InChI is InChI=1S/C13H14N4O2/c14-6-10-5-11(17(18)19)7-15-13(10)16-12(8-1-2-8)9-3-4-9/h5,7-9,12H,1-4H2,(H,15,16). The van der Waals surface area contributed by atoms with Gasteiger partial charge in [-0.2, -0.15) is 5.26 Å². The molecule has 0 bridgehead atoms. The number of pyridine rings is 1. The van der Waals surface area contributed by atoms with Gasteiger partial charge in [-0.3, -0.25) is 10.1 Å². The van der Waals surface area contributed by atoms with Gasteiger partial charge in [0.1, 0.15) is 23.6 Å². The fourth-order valence-corrected chi connectivity index (χ4v) is 2.44. The summed E-state index contributed by atoms with van der Waals surface area (Å²) in [5.74, 6) is 1.84. The summed E-state index contributed by atoms with van der Waals surface area (Å²) in [7, 11) is 0. The summed E-state index contributed by atoms with van der Waals surface area (Å²) in [6.07, 6.45) is 6.11. The van der Waals surface area contributed by atoms with Gasteiger partial charge in [-0.05, 0) is 37.5 Å². The zero-order chi connectivity index (χ0) is 13.4. The molecule has 1 N–H and O–H groups in total. The van der Waals surface area contributed by atoms with Crippen LogP contribution in [0.5, 0.6) is 0 Å². The van der Waals surface area contributed by atoms with Crippen molar-refractivity contribution in [2.75, 3.05) is 5.32 Å². The number of hydrogen-bond donors (Lipinski definition) is 1. The van der Waals surface area contributed by atoms with E-state index in [1.165, 1.54) is 37.9 Å². The van der Waals surface area contributed by atoms with Gasteiger partial charge in [-0.25, -0.2) is 4.98 Å². The summed E-state index contributed by atoms with van der Waals surface area (Å²) < 4.78 is 0. The van der Waals surface area contributed by atoms with Crippen LogP contribution in [0.4, 0.5) is 11.5 Å². The van der Waals surface area contributed by atoms with E-state index in [0.29, 0.717) is 23.7 Å². The molecule has 6 heteroatoms. The monoisotopic (exact) mass is 258 g/mol. The van der Waals surface area contributed by atoms with E-state index in [0.717, 1.165) is 0 Å². The highest BCUT2D eigenvalue weighted by Crippen LogP contribution is 2.45. The SMILES string of the molecule is N#Cc1cc([N+](=O)[O-])cnc1NC(C1CC1)C1CC1. The maximum absolute atomic E-state index is 10.7. The number of nitrogens with one attached hydrogen (secondary N) is 1. The Morgan fingerprint density at radius 1 is 1.42 bits per heavy atom. The first-order valence-corrected chi connectivity index (χ1v) is 6.50. The van der Waals surface area contributed by atoms with Crippen LogP contribution in [0.1, 0.15) is 31.2 Å². The molecule has 0 atom stereocenters. The van der Waals surface area contributed by atoms with Crippen molar-refractivity contribution < 1.29 is 4.92 Å². The number of anilines is 1. The van der Waals surface area contributed by atoms with Gasteiger partial charge in [0.2, 0.25) is 0 Å². The van der Waals surface area contributed by atoms with Crippen LogP contribution < -0.4 is 5.32 Å². The molecule has 0 spiro atoms. The molecule has 1 aromatic rings. The summed E-state index contributed by atoms with van der Waals surface area (Å²) in [6, 6.07) is 3.65. The van der Waals surface area contributed by atoms with Crippen molar-refractivity contribution >= 4 is 11.5 Å². The Morgan fingerprint density at radius 2 is 2.05 bits per heavy atom. The third kappa shape index (κ3) is 2.50. The van der Waals surface area contributed by atoms with Crippen LogP contribution in [0.15, 0.2) is 12.3 Å². The molecule has 2 aliphatic rings. The average Bonchev–Trinajstić information content (AvgIpc) is 3.29. The molecular formula is C13H14N4O2. The van der Waals surface area contributed by atoms with E-state index in [1.54, 1.807) is 0 Å². The van der Waals surface area contributed by atoms with Crippen molar-refractivity contribution in [1.29, 1.82) is 5.26 Å². The number of nitriles is 1. The first kappa shape index (κ1) is 11.9. The molecule has 0 amide bonds. The fourth-order valence-electron chi connectivity index (χ4n) is 2.44. The average molecular weight is 258 g/mol. The molecule has 1 heterocycles. The number of nitrogens with zero attached hydrogens (tertiary/aromatic N) is 3. The van der Waals surface area contributed by atoms with Crippen LogP contribution in [0.3, 0.4) is 0 Å². The molecule has 1 aromatic heterocycles. The predicted molar refractivity (Wildman–Crippen MR) is 68.5 cm³/mol. The third-order valence-electron chi connectivity index (χ3n) is 3.77. The van der Waals surface area contributed by atoms with Gasteiger partial charge in [0.25, 0.3) is 5.69 Å². The highest BCUT2D eigenvalue weighted by atomic mass is 16.6. The summed E-state index contributed by atoms with van der Waals surface area (Å²) in [6.45, 7) is 0. The zero-order valence-corrected chi connectivity index (χ0v) is 10.4. The Kier molecular flexibility index (Phi) is 2.82. The van der Waals surface area contributed by atoms with E-state index in [9.17, 15) is 10.1 Å². The topological polar surface area (TPSA) is 91.8 Å². The molecule has 98 valence electrons. The Bertz CT molecular complexity index is 546. The van der Waals surface area contributed by atoms with Gasteiger partial charge >= 0.3 is 0 Å². The number of aromatic nitrogens is 1. The molecule has 2 aliphatic carbocycles. The van der Waals surface area contributed by atoms with Crippen molar-refractivity contribution in [3.63, 3.8) is 0 Å². The maximum Gasteiger partial charge on any atom is 0.289 e. The van der Waals surface area contributed by atoms with Crippen LogP contribution in [0, 0.1) is 33.3 Å². The lowest BCUT2D eigenvalue weighted by Gasteiger charge is -2.18. The second-order valence-electron chi connectivity index (χ2n) is 5.30. The summed E-state index contributed by atoms with van der Waals surface area (Å²) in [5, 5.41) is 23.1. The molecule has 2 fully saturated rings. The second-order valence-corrected chi connectivity index (χ2v) is 5.30. The van der Waals surface area contributed by atoms with Gasteiger partial charge in [0, 0.05) is 12.1 Å². The zero-order valence-electron chi connectivity index (χ0n) is 10.4. The molecule has 0 aliphatic heterocycles. The van der Waals surface area contributed by atoms with Crippen molar-refractivity contribution in [3.05, 3.63) is 27.9 Å². The van der Waals surface area contributed by atoms with E-state index in [2.05, 4.69) is 10.3 Å². The van der Waals surface area contributed by atoms with E-state index >= 15 is 0 Å². The highest BCUT2D eigenvalue weighted by Gasteiger charge is 2.41. The summed E-state index contributed by atoms with van der Waals surface area (Å²) >= 11 is 0. The molecule has 0 unspecified atom stereocenters. The van der Waals surface area contributed by atoms with Crippen molar-refractivity contribution in [2.24, 2.45) is 11.8 Å². The molecule has 0 aromatic carbocycles. The Hall–Kier alpha value is -2.16. The first-order chi connectivity index (χ1) is 9.19. The van der Waals surface area contributed by atoms with Gasteiger partial charge in [0.05, 0.1) is 4.92 Å². The van der Waals surface area contributed by atoms with Crippen LogP contribution in [0.2, 0.25) is 0 Å².